The number of hydrogen-bond acceptors (Lipinski definition) is 4. The van der Waals surface area contributed by atoms with E-state index in [2.05, 4.69) is 25.1 Å². The van der Waals surface area contributed by atoms with Crippen molar-refractivity contribution in [1.29, 1.82) is 0 Å². The van der Waals surface area contributed by atoms with Crippen LogP contribution >= 0.6 is 0 Å². The maximum Gasteiger partial charge on any atom is 0.159 e. The molecule has 0 bridgehead atoms. The Labute approximate surface area is 186 Å². The van der Waals surface area contributed by atoms with E-state index >= 15 is 0 Å². The van der Waals surface area contributed by atoms with Gasteiger partial charge in [-0.05, 0) is 42.8 Å². The molecule has 160 valence electrons. The standard InChI is InChI=1S/C25H16F2N6/c1-13-5-7-28-12-18(13)16-10-17-21(11-19(16)27)32-33-23(17)25-30-20-6-8-29-22(24(20)31-25)14-3-2-4-15(26)9-14/h2-12H,1H3,(H,30,31)(H,32,33). The average molecular weight is 438 g/mol. The summed E-state index contributed by atoms with van der Waals surface area (Å²) in [6.07, 6.45) is 4.97. The van der Waals surface area contributed by atoms with Crippen LogP contribution < -0.4 is 0 Å². The van der Waals surface area contributed by atoms with E-state index in [1.165, 1.54) is 18.2 Å². The van der Waals surface area contributed by atoms with Gasteiger partial charge in [-0.15, -0.1) is 0 Å². The molecule has 0 amide bonds. The molecule has 0 radical (unpaired) electrons. The second kappa shape index (κ2) is 7.30. The third kappa shape index (κ3) is 3.15. The monoisotopic (exact) mass is 438 g/mol. The third-order valence-corrected chi connectivity index (χ3v) is 5.70. The summed E-state index contributed by atoms with van der Waals surface area (Å²) in [7, 11) is 0. The van der Waals surface area contributed by atoms with E-state index in [0.29, 0.717) is 50.3 Å². The number of benzene rings is 2. The summed E-state index contributed by atoms with van der Waals surface area (Å²) >= 11 is 0. The van der Waals surface area contributed by atoms with Gasteiger partial charge in [0.15, 0.2) is 5.82 Å². The Morgan fingerprint density at radius 2 is 1.79 bits per heavy atom. The summed E-state index contributed by atoms with van der Waals surface area (Å²) < 4.78 is 28.7. The number of rotatable bonds is 3. The highest BCUT2D eigenvalue weighted by Gasteiger charge is 2.18. The largest absolute Gasteiger partial charge is 0.336 e. The van der Waals surface area contributed by atoms with Crippen LogP contribution in [-0.4, -0.2) is 30.1 Å². The molecular formula is C25H16F2N6. The van der Waals surface area contributed by atoms with E-state index in [1.54, 1.807) is 42.9 Å². The molecule has 0 aliphatic rings. The van der Waals surface area contributed by atoms with E-state index in [-0.39, 0.29) is 11.6 Å². The minimum absolute atomic E-state index is 0.347. The maximum absolute atomic E-state index is 14.9. The highest BCUT2D eigenvalue weighted by molar-refractivity contribution is 5.97. The van der Waals surface area contributed by atoms with Crippen LogP contribution in [0.5, 0.6) is 0 Å². The lowest BCUT2D eigenvalue weighted by molar-refractivity contribution is 0.628. The van der Waals surface area contributed by atoms with E-state index in [1.807, 2.05) is 13.0 Å². The van der Waals surface area contributed by atoms with Gasteiger partial charge in [0.05, 0.1) is 16.7 Å². The minimum Gasteiger partial charge on any atom is -0.336 e. The molecule has 0 saturated carbocycles. The van der Waals surface area contributed by atoms with Crippen molar-refractivity contribution in [2.45, 2.75) is 6.92 Å². The van der Waals surface area contributed by atoms with Crippen molar-refractivity contribution in [2.24, 2.45) is 0 Å². The number of aromatic nitrogens is 6. The van der Waals surface area contributed by atoms with Gasteiger partial charge in [-0.3, -0.25) is 15.1 Å². The molecule has 6 aromatic rings. The molecule has 0 fully saturated rings. The first kappa shape index (κ1) is 19.2. The predicted molar refractivity (Wildman–Crippen MR) is 122 cm³/mol. The number of aryl methyl sites for hydroxylation is 1. The number of pyridine rings is 2. The number of nitrogens with one attached hydrogen (secondary N) is 2. The zero-order valence-electron chi connectivity index (χ0n) is 17.4. The summed E-state index contributed by atoms with van der Waals surface area (Å²) in [5.41, 5.74) is 5.70. The molecule has 4 heterocycles. The molecule has 0 aliphatic carbocycles. The van der Waals surface area contributed by atoms with E-state index in [0.717, 1.165) is 11.1 Å². The van der Waals surface area contributed by atoms with Crippen molar-refractivity contribution in [2.75, 3.05) is 0 Å². The summed E-state index contributed by atoms with van der Waals surface area (Å²) in [5, 5.41) is 8.00. The van der Waals surface area contributed by atoms with Gasteiger partial charge >= 0.3 is 0 Å². The van der Waals surface area contributed by atoms with Crippen molar-refractivity contribution < 1.29 is 8.78 Å². The quantitative estimate of drug-likeness (QED) is 0.365. The van der Waals surface area contributed by atoms with Crippen molar-refractivity contribution >= 4 is 21.9 Å². The van der Waals surface area contributed by atoms with Crippen LogP contribution in [0.15, 0.2) is 67.1 Å². The number of imidazole rings is 1. The highest BCUT2D eigenvalue weighted by Crippen LogP contribution is 2.34. The number of halogens is 2. The molecule has 33 heavy (non-hydrogen) atoms. The predicted octanol–water partition coefficient (Wildman–Crippen LogP) is 5.82. The Morgan fingerprint density at radius 3 is 2.64 bits per heavy atom. The molecule has 8 heteroatoms. The first-order chi connectivity index (χ1) is 16.1. The number of H-pyrrole nitrogens is 2. The number of fused-ring (bicyclic) bond motifs is 2. The molecule has 6 rings (SSSR count). The van der Waals surface area contributed by atoms with Crippen LogP contribution in [0.3, 0.4) is 0 Å². The molecule has 0 unspecified atom stereocenters. The van der Waals surface area contributed by atoms with Gasteiger partial charge in [-0.25, -0.2) is 13.8 Å². The normalized spacial score (nSPS) is 11.5. The van der Waals surface area contributed by atoms with Gasteiger partial charge < -0.3 is 4.98 Å². The van der Waals surface area contributed by atoms with Gasteiger partial charge in [0.1, 0.15) is 22.8 Å². The second-order valence-corrected chi connectivity index (χ2v) is 7.79. The van der Waals surface area contributed by atoms with Crippen LogP contribution in [0.2, 0.25) is 0 Å². The third-order valence-electron chi connectivity index (χ3n) is 5.70. The van der Waals surface area contributed by atoms with Crippen LogP contribution in [0.4, 0.5) is 8.78 Å². The van der Waals surface area contributed by atoms with Gasteiger partial charge in [0.25, 0.3) is 0 Å². The lowest BCUT2D eigenvalue weighted by Gasteiger charge is -2.07. The Hall–Kier alpha value is -4.46. The first-order valence-electron chi connectivity index (χ1n) is 10.3. The molecule has 0 saturated heterocycles. The Balaban J connectivity index is 1.54. The Morgan fingerprint density at radius 1 is 0.879 bits per heavy atom. The minimum atomic E-state index is -0.365. The van der Waals surface area contributed by atoms with Crippen LogP contribution in [-0.2, 0) is 0 Å². The van der Waals surface area contributed by atoms with Gasteiger partial charge in [-0.1, -0.05) is 12.1 Å². The lowest BCUT2D eigenvalue weighted by Crippen LogP contribution is -1.90. The molecule has 4 aromatic heterocycles. The first-order valence-corrected chi connectivity index (χ1v) is 10.3. The topological polar surface area (TPSA) is 83.1 Å². The van der Waals surface area contributed by atoms with E-state index in [4.69, 9.17) is 4.98 Å². The molecule has 0 atom stereocenters. The summed E-state index contributed by atoms with van der Waals surface area (Å²) in [4.78, 5) is 16.6. The fraction of sp³-hybridized carbons (Fsp3) is 0.0400. The smallest absolute Gasteiger partial charge is 0.159 e. The lowest BCUT2D eigenvalue weighted by atomic mass is 10.0. The zero-order valence-corrected chi connectivity index (χ0v) is 17.4. The van der Waals surface area contributed by atoms with Gasteiger partial charge in [-0.2, -0.15) is 5.10 Å². The number of nitrogens with zero attached hydrogens (tertiary/aromatic N) is 4. The van der Waals surface area contributed by atoms with Crippen LogP contribution in [0, 0.1) is 18.6 Å². The molecule has 0 spiro atoms. The molecular weight excluding hydrogens is 422 g/mol. The second-order valence-electron chi connectivity index (χ2n) is 7.79. The van der Waals surface area contributed by atoms with Crippen LogP contribution in [0.1, 0.15) is 5.56 Å². The summed E-state index contributed by atoms with van der Waals surface area (Å²) in [6, 6.07) is 13.1. The fourth-order valence-corrected chi connectivity index (χ4v) is 4.07. The van der Waals surface area contributed by atoms with Crippen LogP contribution in [0.25, 0.3) is 55.8 Å². The number of hydrogen-bond donors (Lipinski definition) is 2. The SMILES string of the molecule is Cc1ccncc1-c1cc2c(-c3nc4c(-c5cccc(F)c5)nccc4[nH]3)n[nH]c2cc1F. The van der Waals surface area contributed by atoms with Gasteiger partial charge in [0.2, 0.25) is 0 Å². The van der Waals surface area contributed by atoms with E-state index < -0.39 is 0 Å². The summed E-state index contributed by atoms with van der Waals surface area (Å²) in [5.74, 6) is -0.209. The van der Waals surface area contributed by atoms with E-state index in [9.17, 15) is 8.78 Å². The number of aromatic amines is 2. The van der Waals surface area contributed by atoms with Crippen molar-refractivity contribution in [1.82, 2.24) is 30.1 Å². The maximum atomic E-state index is 14.9. The highest BCUT2D eigenvalue weighted by atomic mass is 19.1. The summed E-state index contributed by atoms with van der Waals surface area (Å²) in [6.45, 7) is 1.91. The fourth-order valence-electron chi connectivity index (χ4n) is 4.07. The van der Waals surface area contributed by atoms with Crippen molar-refractivity contribution in [3.63, 3.8) is 0 Å². The Bertz CT molecular complexity index is 1670. The molecule has 2 aromatic carbocycles. The molecule has 0 aliphatic heterocycles. The van der Waals surface area contributed by atoms with Crippen molar-refractivity contribution in [3.05, 3.63) is 84.3 Å². The zero-order chi connectivity index (χ0) is 22.5. The molecule has 2 N–H and O–H groups in total. The van der Waals surface area contributed by atoms with Gasteiger partial charge in [0, 0.05) is 46.7 Å². The van der Waals surface area contributed by atoms with Crippen molar-refractivity contribution in [3.8, 4) is 33.9 Å². The average Bonchev–Trinajstić information content (AvgIpc) is 3.42. The Kier molecular flexibility index (Phi) is 4.26. The molecule has 6 nitrogen and oxygen atoms in total.